The maximum Gasteiger partial charge on any atom is 0.307 e. The van der Waals surface area contributed by atoms with Crippen molar-refractivity contribution in [1.29, 1.82) is 0 Å². The number of aliphatic hydroxyl groups is 1. The minimum absolute atomic E-state index is 0.0194. The summed E-state index contributed by atoms with van der Waals surface area (Å²) in [7, 11) is 0. The third kappa shape index (κ3) is 1.76. The number of β-amino-alcohol motifs (C(OH)–C–C–N with tert-alkyl or cyclic N) is 1. The van der Waals surface area contributed by atoms with Gasteiger partial charge in [-0.1, -0.05) is 6.92 Å². The van der Waals surface area contributed by atoms with Crippen LogP contribution in [0.1, 0.15) is 13.8 Å². The molecule has 0 aliphatic carbocycles. The van der Waals surface area contributed by atoms with Gasteiger partial charge in [-0.2, -0.15) is 0 Å². The van der Waals surface area contributed by atoms with Crippen LogP contribution < -0.4 is 0 Å². The van der Waals surface area contributed by atoms with Crippen LogP contribution in [0.15, 0.2) is 0 Å². The average molecular weight is 173 g/mol. The first-order valence-corrected chi connectivity index (χ1v) is 4.17. The van der Waals surface area contributed by atoms with E-state index < -0.39 is 5.97 Å². The lowest BCUT2D eigenvalue weighted by atomic mass is 9.98. The molecule has 0 aromatic heterocycles. The molecule has 1 heterocycles. The van der Waals surface area contributed by atoms with E-state index >= 15 is 0 Å². The molecule has 1 fully saturated rings. The van der Waals surface area contributed by atoms with E-state index in [1.807, 2.05) is 11.8 Å². The zero-order chi connectivity index (χ0) is 9.30. The highest BCUT2D eigenvalue weighted by Gasteiger charge is 2.33. The van der Waals surface area contributed by atoms with Gasteiger partial charge in [-0.3, -0.25) is 9.69 Å². The van der Waals surface area contributed by atoms with Crippen molar-refractivity contribution in [1.82, 2.24) is 4.90 Å². The lowest BCUT2D eigenvalue weighted by molar-refractivity contribution is -0.145. The number of carboxylic acid groups (broad SMARTS) is 1. The first-order valence-electron chi connectivity index (χ1n) is 4.17. The van der Waals surface area contributed by atoms with Crippen LogP contribution in [-0.2, 0) is 4.79 Å². The van der Waals surface area contributed by atoms with Gasteiger partial charge in [0.25, 0.3) is 0 Å². The number of hydrogen-bond acceptors (Lipinski definition) is 3. The highest BCUT2D eigenvalue weighted by molar-refractivity contribution is 5.70. The quantitative estimate of drug-likeness (QED) is 0.619. The molecule has 1 saturated heterocycles. The molecule has 12 heavy (non-hydrogen) atoms. The predicted octanol–water partition coefficient (Wildman–Crippen LogP) is -0.228. The SMILES string of the molecule is CC(C(=O)O)C(C)N1CC(O)C1. The molecule has 0 aromatic rings. The van der Waals surface area contributed by atoms with E-state index in [0.29, 0.717) is 13.1 Å². The minimum atomic E-state index is -0.774. The third-order valence-electron chi connectivity index (χ3n) is 2.58. The van der Waals surface area contributed by atoms with E-state index in [9.17, 15) is 4.79 Å². The second-order valence-corrected chi connectivity index (χ2v) is 3.48. The van der Waals surface area contributed by atoms with Crippen LogP contribution in [0.25, 0.3) is 0 Å². The molecule has 0 radical (unpaired) electrons. The summed E-state index contributed by atoms with van der Waals surface area (Å²) >= 11 is 0. The summed E-state index contributed by atoms with van der Waals surface area (Å²) in [5, 5.41) is 17.7. The van der Waals surface area contributed by atoms with Gasteiger partial charge in [0.2, 0.25) is 0 Å². The van der Waals surface area contributed by atoms with Crippen LogP contribution in [0.5, 0.6) is 0 Å². The van der Waals surface area contributed by atoms with Gasteiger partial charge in [-0.25, -0.2) is 0 Å². The Morgan fingerprint density at radius 1 is 1.50 bits per heavy atom. The Kier molecular flexibility index (Phi) is 2.69. The van der Waals surface area contributed by atoms with Gasteiger partial charge in [0.15, 0.2) is 0 Å². The van der Waals surface area contributed by atoms with Gasteiger partial charge < -0.3 is 10.2 Å². The van der Waals surface area contributed by atoms with Crippen molar-refractivity contribution in [2.24, 2.45) is 5.92 Å². The number of nitrogens with zero attached hydrogens (tertiary/aromatic N) is 1. The molecule has 2 atom stereocenters. The summed E-state index contributed by atoms with van der Waals surface area (Å²) in [6, 6.07) is 0.0194. The topological polar surface area (TPSA) is 60.8 Å². The molecule has 0 spiro atoms. The van der Waals surface area contributed by atoms with Crippen molar-refractivity contribution in [3.8, 4) is 0 Å². The van der Waals surface area contributed by atoms with E-state index in [-0.39, 0.29) is 18.1 Å². The van der Waals surface area contributed by atoms with Crippen LogP contribution in [0.3, 0.4) is 0 Å². The molecule has 2 N–H and O–H groups in total. The fraction of sp³-hybridized carbons (Fsp3) is 0.875. The zero-order valence-electron chi connectivity index (χ0n) is 7.40. The lowest BCUT2D eigenvalue weighted by Gasteiger charge is -2.41. The van der Waals surface area contributed by atoms with Crippen molar-refractivity contribution in [2.75, 3.05) is 13.1 Å². The van der Waals surface area contributed by atoms with Crippen molar-refractivity contribution >= 4 is 5.97 Å². The molecule has 0 amide bonds. The van der Waals surface area contributed by atoms with E-state index in [1.165, 1.54) is 0 Å². The summed E-state index contributed by atoms with van der Waals surface area (Å²) in [6.45, 7) is 4.79. The predicted molar refractivity (Wildman–Crippen MR) is 43.8 cm³/mol. The number of aliphatic carboxylic acids is 1. The fourth-order valence-corrected chi connectivity index (χ4v) is 1.34. The number of likely N-dealkylation sites (tertiary alicyclic amines) is 1. The molecule has 4 heteroatoms. The van der Waals surface area contributed by atoms with Crippen LogP contribution in [0.4, 0.5) is 0 Å². The summed E-state index contributed by atoms with van der Waals surface area (Å²) in [5.74, 6) is -1.14. The molecular weight excluding hydrogens is 158 g/mol. The van der Waals surface area contributed by atoms with E-state index in [4.69, 9.17) is 10.2 Å². The molecule has 0 bridgehead atoms. The summed E-state index contributed by atoms with van der Waals surface area (Å²) in [6.07, 6.45) is -0.256. The Morgan fingerprint density at radius 3 is 2.33 bits per heavy atom. The summed E-state index contributed by atoms with van der Waals surface area (Å²) in [5.41, 5.74) is 0. The van der Waals surface area contributed by atoms with Gasteiger partial charge in [0, 0.05) is 19.1 Å². The fourth-order valence-electron chi connectivity index (χ4n) is 1.34. The Balaban J connectivity index is 2.37. The minimum Gasteiger partial charge on any atom is -0.481 e. The van der Waals surface area contributed by atoms with E-state index in [2.05, 4.69) is 0 Å². The number of rotatable bonds is 3. The Hall–Kier alpha value is -0.610. The van der Waals surface area contributed by atoms with Gasteiger partial charge in [-0.15, -0.1) is 0 Å². The van der Waals surface area contributed by atoms with Crippen molar-refractivity contribution in [3.63, 3.8) is 0 Å². The third-order valence-corrected chi connectivity index (χ3v) is 2.58. The number of hydrogen-bond donors (Lipinski definition) is 2. The van der Waals surface area contributed by atoms with Crippen molar-refractivity contribution < 1.29 is 15.0 Å². The highest BCUT2D eigenvalue weighted by Crippen LogP contribution is 2.17. The van der Waals surface area contributed by atoms with Crippen LogP contribution in [0.2, 0.25) is 0 Å². The Morgan fingerprint density at radius 2 is 2.00 bits per heavy atom. The van der Waals surface area contributed by atoms with E-state index in [1.54, 1.807) is 6.92 Å². The van der Waals surface area contributed by atoms with Gasteiger partial charge in [-0.05, 0) is 6.92 Å². The molecule has 1 rings (SSSR count). The second kappa shape index (κ2) is 3.41. The molecule has 70 valence electrons. The zero-order valence-corrected chi connectivity index (χ0v) is 7.40. The number of aliphatic hydroxyl groups excluding tert-OH is 1. The molecule has 4 nitrogen and oxygen atoms in total. The Labute approximate surface area is 71.8 Å². The standard InChI is InChI=1S/C8H15NO3/c1-5(8(11)12)6(2)9-3-7(10)4-9/h5-7,10H,3-4H2,1-2H3,(H,11,12). The normalized spacial score (nSPS) is 24.6. The highest BCUT2D eigenvalue weighted by atomic mass is 16.4. The smallest absolute Gasteiger partial charge is 0.307 e. The van der Waals surface area contributed by atoms with Crippen LogP contribution >= 0.6 is 0 Å². The first-order chi connectivity index (χ1) is 5.52. The maximum atomic E-state index is 10.6. The van der Waals surface area contributed by atoms with Gasteiger partial charge >= 0.3 is 5.97 Å². The lowest BCUT2D eigenvalue weighted by Crippen LogP contribution is -2.56. The van der Waals surface area contributed by atoms with Crippen molar-refractivity contribution in [2.45, 2.75) is 26.0 Å². The molecular formula is C8H15NO3. The van der Waals surface area contributed by atoms with Gasteiger partial charge in [0.1, 0.15) is 0 Å². The largest absolute Gasteiger partial charge is 0.481 e. The summed E-state index contributed by atoms with van der Waals surface area (Å²) < 4.78 is 0. The average Bonchev–Trinajstić information content (AvgIpc) is 1.95. The van der Waals surface area contributed by atoms with Crippen LogP contribution in [0, 0.1) is 5.92 Å². The molecule has 0 aromatic carbocycles. The number of carbonyl (C=O) groups is 1. The van der Waals surface area contributed by atoms with Crippen molar-refractivity contribution in [3.05, 3.63) is 0 Å². The second-order valence-electron chi connectivity index (χ2n) is 3.48. The summed E-state index contributed by atoms with van der Waals surface area (Å²) in [4.78, 5) is 12.6. The molecule has 1 aliphatic rings. The molecule has 0 saturated carbocycles. The molecule has 1 aliphatic heterocycles. The molecule has 2 unspecified atom stereocenters. The monoisotopic (exact) mass is 173 g/mol. The number of carboxylic acids is 1. The van der Waals surface area contributed by atoms with Gasteiger partial charge in [0.05, 0.1) is 12.0 Å². The maximum absolute atomic E-state index is 10.6. The van der Waals surface area contributed by atoms with Crippen LogP contribution in [-0.4, -0.2) is 46.3 Å². The van der Waals surface area contributed by atoms with E-state index in [0.717, 1.165) is 0 Å². The first kappa shape index (κ1) is 9.48. The Bertz CT molecular complexity index is 177.